The number of ketones is 1. The molecule has 0 radical (unpaired) electrons. The van der Waals surface area contributed by atoms with E-state index in [0.717, 1.165) is 21.9 Å². The Morgan fingerprint density at radius 3 is 2.71 bits per heavy atom. The van der Waals surface area contributed by atoms with E-state index in [9.17, 15) is 19.2 Å². The first-order valence-electron chi connectivity index (χ1n) is 11.8. The van der Waals surface area contributed by atoms with Gasteiger partial charge in [0.05, 0.1) is 11.0 Å². The first kappa shape index (κ1) is 26.3. The van der Waals surface area contributed by atoms with Gasteiger partial charge in [0.25, 0.3) is 5.91 Å². The monoisotopic (exact) mass is 500 g/mol. The maximum atomic E-state index is 13.1. The number of carbonyl (C=O) groups is 4. The van der Waals surface area contributed by atoms with Gasteiger partial charge in [-0.2, -0.15) is 0 Å². The lowest BCUT2D eigenvalue weighted by molar-refractivity contribution is -0.140. The minimum absolute atomic E-state index is 0.0692. The van der Waals surface area contributed by atoms with Gasteiger partial charge >= 0.3 is 6.09 Å². The van der Waals surface area contributed by atoms with Gasteiger partial charge < -0.3 is 20.7 Å². The van der Waals surface area contributed by atoms with E-state index in [2.05, 4.69) is 20.9 Å². The summed E-state index contributed by atoms with van der Waals surface area (Å²) in [6.45, 7) is 4.28. The van der Waals surface area contributed by atoms with Gasteiger partial charge in [-0.15, -0.1) is 11.3 Å². The van der Waals surface area contributed by atoms with Crippen molar-refractivity contribution in [1.29, 1.82) is 0 Å². The molecule has 35 heavy (non-hydrogen) atoms. The molecule has 3 amide bonds. The maximum Gasteiger partial charge on any atom is 0.408 e. The van der Waals surface area contributed by atoms with Gasteiger partial charge in [-0.25, -0.2) is 9.78 Å². The van der Waals surface area contributed by atoms with E-state index in [4.69, 9.17) is 4.74 Å². The molecule has 2 bridgehead atoms. The average molecular weight is 501 g/mol. The third kappa shape index (κ3) is 8.47. The Labute approximate surface area is 209 Å². The number of Topliss-reactive ketones (excluding diaryl/α,β-unsaturated/α-hetero) is 1. The van der Waals surface area contributed by atoms with Gasteiger partial charge in [-0.1, -0.05) is 44.2 Å². The highest BCUT2D eigenvalue weighted by molar-refractivity contribution is 7.11. The van der Waals surface area contributed by atoms with Crippen molar-refractivity contribution in [2.45, 2.75) is 64.6 Å². The smallest absolute Gasteiger partial charge is 0.408 e. The number of benzene rings is 1. The Bertz CT molecular complexity index is 1020. The molecule has 2 heterocycles. The highest BCUT2D eigenvalue weighted by Crippen LogP contribution is 2.18. The van der Waals surface area contributed by atoms with Crippen molar-refractivity contribution in [2.24, 2.45) is 5.92 Å². The van der Waals surface area contributed by atoms with Gasteiger partial charge in [0.1, 0.15) is 12.6 Å². The summed E-state index contributed by atoms with van der Waals surface area (Å²) in [6.07, 6.45) is 3.60. The summed E-state index contributed by atoms with van der Waals surface area (Å²) in [4.78, 5) is 56.3. The van der Waals surface area contributed by atoms with Crippen LogP contribution < -0.4 is 16.0 Å². The van der Waals surface area contributed by atoms with Crippen LogP contribution in [-0.2, 0) is 38.6 Å². The lowest BCUT2D eigenvalue weighted by atomic mass is 10.0. The molecule has 2 aromatic rings. The van der Waals surface area contributed by atoms with E-state index in [-0.39, 0.29) is 18.9 Å². The second-order valence-electron chi connectivity index (χ2n) is 8.93. The van der Waals surface area contributed by atoms with Crippen molar-refractivity contribution in [3.05, 3.63) is 52.0 Å². The minimum atomic E-state index is -1.02. The van der Waals surface area contributed by atoms with Crippen LogP contribution in [0.1, 0.15) is 48.6 Å². The molecule has 0 fully saturated rings. The molecular weight excluding hydrogens is 468 g/mol. The zero-order chi connectivity index (χ0) is 25.2. The van der Waals surface area contributed by atoms with Crippen molar-refractivity contribution in [3.63, 3.8) is 0 Å². The SMILES string of the molecule is CC(C)CC(NC(=O)OCc1ccccc1)C(=O)NC1CCc2ncc(s2)CCCNC(=O)C1=O. The van der Waals surface area contributed by atoms with E-state index in [1.165, 1.54) is 0 Å². The third-order valence-electron chi connectivity index (χ3n) is 5.52. The van der Waals surface area contributed by atoms with E-state index in [0.29, 0.717) is 25.8 Å². The largest absolute Gasteiger partial charge is 0.445 e. The van der Waals surface area contributed by atoms with Gasteiger partial charge in [0.15, 0.2) is 0 Å². The summed E-state index contributed by atoms with van der Waals surface area (Å²) < 4.78 is 5.26. The number of thiazole rings is 1. The predicted octanol–water partition coefficient (Wildman–Crippen LogP) is 2.53. The molecule has 9 nitrogen and oxygen atoms in total. The zero-order valence-corrected chi connectivity index (χ0v) is 20.9. The molecule has 0 spiro atoms. The normalized spacial score (nSPS) is 17.5. The van der Waals surface area contributed by atoms with E-state index in [1.807, 2.05) is 50.4 Å². The van der Waals surface area contributed by atoms with Crippen LogP contribution in [-0.4, -0.2) is 47.3 Å². The number of nitrogens with one attached hydrogen (secondary N) is 3. The Morgan fingerprint density at radius 2 is 1.97 bits per heavy atom. The highest BCUT2D eigenvalue weighted by atomic mass is 32.1. The van der Waals surface area contributed by atoms with Gasteiger partial charge in [0.2, 0.25) is 11.7 Å². The highest BCUT2D eigenvalue weighted by Gasteiger charge is 2.31. The molecule has 0 aliphatic carbocycles. The van der Waals surface area contributed by atoms with Crippen LogP contribution in [0.4, 0.5) is 4.79 Å². The van der Waals surface area contributed by atoms with Crippen molar-refractivity contribution >= 4 is 35.0 Å². The topological polar surface area (TPSA) is 126 Å². The molecule has 1 aromatic carbocycles. The van der Waals surface area contributed by atoms with Crippen LogP contribution in [0.3, 0.4) is 0 Å². The van der Waals surface area contributed by atoms with Gasteiger partial charge in [-0.3, -0.25) is 14.4 Å². The molecule has 2 atom stereocenters. The first-order valence-corrected chi connectivity index (χ1v) is 12.7. The molecule has 0 saturated carbocycles. The fourth-order valence-corrected chi connectivity index (χ4v) is 4.69. The number of aromatic nitrogens is 1. The number of hydrogen-bond donors (Lipinski definition) is 3. The van der Waals surface area contributed by atoms with Crippen molar-refractivity contribution in [2.75, 3.05) is 6.54 Å². The summed E-state index contributed by atoms with van der Waals surface area (Å²) in [6, 6.07) is 7.27. The standard InChI is InChI=1S/C25H32N4O5S/c1-16(2)13-20(29-25(33)34-15-17-7-4-3-5-8-17)23(31)28-19-10-11-21-27-14-18(35-21)9-6-12-26-24(32)22(19)30/h3-5,7-8,14,16,19-20H,6,9-13,15H2,1-2H3,(H,26,32)(H,28,31)(H,29,33). The third-order valence-corrected chi connectivity index (χ3v) is 6.64. The van der Waals surface area contributed by atoms with Crippen LogP contribution >= 0.6 is 11.3 Å². The Balaban J connectivity index is 1.66. The van der Waals surface area contributed by atoms with E-state index >= 15 is 0 Å². The Kier molecular flexibility index (Phi) is 9.77. The average Bonchev–Trinajstić information content (AvgIpc) is 3.29. The number of hydrogen-bond acceptors (Lipinski definition) is 7. The van der Waals surface area contributed by atoms with Crippen molar-refractivity contribution < 1.29 is 23.9 Å². The number of ether oxygens (including phenoxy) is 1. The number of fused-ring (bicyclic) bond motifs is 2. The molecule has 2 unspecified atom stereocenters. The quantitative estimate of drug-likeness (QED) is 0.502. The summed E-state index contributed by atoms with van der Waals surface area (Å²) >= 11 is 1.58. The van der Waals surface area contributed by atoms with E-state index in [1.54, 1.807) is 11.3 Å². The van der Waals surface area contributed by atoms with Crippen LogP contribution in [0, 0.1) is 5.92 Å². The lowest BCUT2D eigenvalue weighted by Gasteiger charge is -2.23. The Hall–Kier alpha value is -3.27. The lowest BCUT2D eigenvalue weighted by Crippen LogP contribution is -2.54. The first-order chi connectivity index (χ1) is 16.8. The summed E-state index contributed by atoms with van der Waals surface area (Å²) in [7, 11) is 0. The molecule has 10 heteroatoms. The van der Waals surface area contributed by atoms with Crippen LogP contribution in [0.5, 0.6) is 0 Å². The number of aryl methyl sites for hydroxylation is 2. The molecular formula is C25H32N4O5S. The zero-order valence-electron chi connectivity index (χ0n) is 20.0. The summed E-state index contributed by atoms with van der Waals surface area (Å²) in [5, 5.41) is 8.79. The Morgan fingerprint density at radius 1 is 1.20 bits per heavy atom. The molecule has 1 aliphatic heterocycles. The van der Waals surface area contributed by atoms with Crippen LogP contribution in [0.2, 0.25) is 0 Å². The van der Waals surface area contributed by atoms with Crippen LogP contribution in [0.15, 0.2) is 36.5 Å². The van der Waals surface area contributed by atoms with E-state index < -0.39 is 35.8 Å². The summed E-state index contributed by atoms with van der Waals surface area (Å²) in [5.74, 6) is -1.87. The van der Waals surface area contributed by atoms with Crippen molar-refractivity contribution in [1.82, 2.24) is 20.9 Å². The molecule has 1 aromatic heterocycles. The predicted molar refractivity (Wildman–Crippen MR) is 132 cm³/mol. The second-order valence-corrected chi connectivity index (χ2v) is 10.1. The maximum absolute atomic E-state index is 13.1. The number of amides is 3. The number of nitrogens with zero attached hydrogens (tertiary/aromatic N) is 1. The fourth-order valence-electron chi connectivity index (χ4n) is 3.71. The van der Waals surface area contributed by atoms with Gasteiger partial charge in [-0.05, 0) is 37.2 Å². The fraction of sp³-hybridized carbons (Fsp3) is 0.480. The minimum Gasteiger partial charge on any atom is -0.445 e. The van der Waals surface area contributed by atoms with Gasteiger partial charge in [0, 0.05) is 24.0 Å². The summed E-state index contributed by atoms with van der Waals surface area (Å²) in [5.41, 5.74) is 0.822. The van der Waals surface area contributed by atoms with Crippen LogP contribution in [0.25, 0.3) is 0 Å². The molecule has 1 aliphatic rings. The number of rotatable bonds is 7. The molecule has 188 valence electrons. The number of carbonyl (C=O) groups excluding carboxylic acids is 4. The molecule has 3 rings (SSSR count). The number of alkyl carbamates (subject to hydrolysis) is 1. The van der Waals surface area contributed by atoms with Crippen molar-refractivity contribution in [3.8, 4) is 0 Å². The second kappa shape index (κ2) is 13.0. The molecule has 0 saturated heterocycles. The molecule has 3 N–H and O–H groups in total.